The van der Waals surface area contributed by atoms with Crippen LogP contribution in [0.2, 0.25) is 0 Å². The summed E-state index contributed by atoms with van der Waals surface area (Å²) in [5, 5.41) is 11.8. The first-order valence-corrected chi connectivity index (χ1v) is 5.22. The Labute approximate surface area is 157 Å². The topological polar surface area (TPSA) is 77.3 Å². The largest absolute Gasteiger partial charge is 3.00 e. The number of rotatable bonds is 3. The van der Waals surface area contributed by atoms with E-state index in [0.717, 1.165) is 6.07 Å². The molecule has 2 aromatic rings. The zero-order valence-electron chi connectivity index (χ0n) is 11.1. The Hall–Kier alpha value is -1.11. The summed E-state index contributed by atoms with van der Waals surface area (Å²) in [5.74, 6) is -0.289. The Bertz CT molecular complexity index is 694. The number of ketones is 1. The molecule has 5 nitrogen and oxygen atoms in total. The fraction of sp³-hybridized carbons (Fsp3) is 0.0769. The van der Waals surface area contributed by atoms with E-state index in [2.05, 4.69) is 0 Å². The van der Waals surface area contributed by atoms with Crippen LogP contribution in [0.3, 0.4) is 0 Å². The van der Waals surface area contributed by atoms with Gasteiger partial charge in [0.15, 0.2) is 12.1 Å². The molecule has 0 aliphatic heterocycles. The fourth-order valence-electron chi connectivity index (χ4n) is 2.01. The van der Waals surface area contributed by atoms with Crippen molar-refractivity contribution >= 4 is 28.5 Å². The van der Waals surface area contributed by atoms with Gasteiger partial charge in [0.05, 0.1) is 10.3 Å². The number of carbonyl (C=O) groups excluding carboxylic acids is 2. The quantitative estimate of drug-likeness (QED) is 0.222. The molecule has 0 aliphatic carbocycles. The summed E-state index contributed by atoms with van der Waals surface area (Å²) in [4.78, 5) is 33.0. The van der Waals surface area contributed by atoms with Gasteiger partial charge in [0.1, 0.15) is 0 Å². The van der Waals surface area contributed by atoms with Gasteiger partial charge in [-0.05, 0) is 13.0 Å². The van der Waals surface area contributed by atoms with Crippen LogP contribution < -0.4 is 37.2 Å². The monoisotopic (exact) mass is 399 g/mol. The fourth-order valence-corrected chi connectivity index (χ4v) is 2.01. The molecule has 0 bridgehead atoms. The molecule has 0 spiro atoms. The number of fused-ring (bicyclic) bond motifs is 1. The first-order valence-electron chi connectivity index (χ1n) is 5.22. The molecule has 0 heterocycles. The number of nitro benzene ring substituents is 1. The molecule has 0 radical (unpaired) electrons. The number of non-ortho nitro benzene ring substituents is 1. The van der Waals surface area contributed by atoms with Crippen molar-refractivity contribution in [3.63, 3.8) is 0 Å². The smallest absolute Gasteiger partial charge is 1.00 e. The molecular weight excluding hydrogens is 391 g/mol. The predicted molar refractivity (Wildman–Crippen MR) is 66.0 cm³/mol. The third-order valence-electron chi connectivity index (χ3n) is 2.73. The van der Waals surface area contributed by atoms with Crippen molar-refractivity contribution in [2.75, 3.05) is 0 Å². The first-order chi connectivity index (χ1) is 8.56. The van der Waals surface area contributed by atoms with Gasteiger partial charge in [-0.2, -0.15) is 0 Å². The van der Waals surface area contributed by atoms with E-state index in [4.69, 9.17) is 0 Å². The second-order valence-electron chi connectivity index (χ2n) is 3.84. The second-order valence-corrected chi connectivity index (χ2v) is 3.84. The normalized spacial score (nSPS) is 8.41. The van der Waals surface area contributed by atoms with E-state index < -0.39 is 4.92 Å². The van der Waals surface area contributed by atoms with E-state index in [1.54, 1.807) is 24.3 Å². The van der Waals surface area contributed by atoms with Crippen molar-refractivity contribution in [1.29, 1.82) is 0 Å². The summed E-state index contributed by atoms with van der Waals surface area (Å²) < 4.78 is 0. The number of hydrogen-bond donors (Lipinski definition) is 0. The van der Waals surface area contributed by atoms with Gasteiger partial charge in [-0.3, -0.25) is 19.7 Å². The van der Waals surface area contributed by atoms with Crippen molar-refractivity contribution in [3.8, 4) is 0 Å². The van der Waals surface area contributed by atoms with Gasteiger partial charge in [0, 0.05) is 22.6 Å². The van der Waals surface area contributed by atoms with Gasteiger partial charge in [-0.1, -0.05) is 18.2 Å². The molecule has 0 aromatic heterocycles. The number of nitrogens with zero attached hydrogens (tertiary/aromatic N) is 1. The van der Waals surface area contributed by atoms with Gasteiger partial charge < -0.3 is 37.2 Å². The molecule has 2 aromatic carbocycles. The molecule has 0 amide bonds. The van der Waals surface area contributed by atoms with Gasteiger partial charge in [0.2, 0.25) is 0 Å². The van der Waals surface area contributed by atoms with E-state index >= 15 is 0 Å². The Morgan fingerprint density at radius 3 is 2.05 bits per heavy atom. The van der Waals surface area contributed by atoms with Crippen LogP contribution in [-0.2, 0) is 18.6 Å². The van der Waals surface area contributed by atoms with Crippen molar-refractivity contribution in [2.24, 2.45) is 0 Å². The van der Waals surface area contributed by atoms with Crippen molar-refractivity contribution in [3.05, 3.63) is 51.6 Å². The van der Waals surface area contributed by atoms with Crippen molar-refractivity contribution in [1.82, 2.24) is 0 Å². The van der Waals surface area contributed by atoms with Crippen molar-refractivity contribution in [2.45, 2.75) is 6.92 Å². The molecule has 0 N–H and O–H groups in total. The zero-order valence-corrected chi connectivity index (χ0v) is 14.8. The van der Waals surface area contributed by atoms with Crippen LogP contribution in [0.25, 0.3) is 10.8 Å². The van der Waals surface area contributed by atoms with E-state index in [-0.39, 0.29) is 78.4 Å². The van der Waals surface area contributed by atoms with Crippen LogP contribution in [0, 0.1) is 10.1 Å². The van der Waals surface area contributed by atoms with Gasteiger partial charge in [-0.15, -0.1) is 0 Å². The van der Waals surface area contributed by atoms with Gasteiger partial charge in [0.25, 0.3) is 5.69 Å². The molecule has 0 aliphatic rings. The Kier molecular flexibility index (Phi) is 12.4. The predicted octanol–water partition coefficient (Wildman–Crippen LogP) is -6.23. The van der Waals surface area contributed by atoms with Crippen LogP contribution in [0.1, 0.15) is 27.6 Å². The van der Waals surface area contributed by atoms with E-state index in [1.165, 1.54) is 6.92 Å². The third-order valence-corrected chi connectivity index (χ3v) is 2.73. The molecule has 22 heavy (non-hydrogen) atoms. The van der Waals surface area contributed by atoms with Gasteiger partial charge in [-0.25, -0.2) is 0 Å². The molecule has 2 rings (SSSR count). The van der Waals surface area contributed by atoms with Crippen LogP contribution in [0.4, 0.5) is 5.69 Å². The number of halogens is 3. The maximum atomic E-state index is 11.6. The number of hydrogen-bond acceptors (Lipinski definition) is 4. The number of Topliss-reactive ketones (excluding diaryl/α,β-unsaturated/α-hetero) is 1. The summed E-state index contributed by atoms with van der Waals surface area (Å²) in [6.07, 6.45) is 0.468. The maximum Gasteiger partial charge on any atom is 3.00 e. The number of aldehydes is 1. The standard InChI is InChI=1S/C13H9NO4.3ClH.V/c1-8(16)13-9(7-15)6-12(14(17)18)10-4-2-3-5-11(10)13;;;;/h2-7H,1H3;3*1H;/q;;;;+3/p-3. The second kappa shape index (κ2) is 10.6. The molecule has 9 heteroatoms. The van der Waals surface area contributed by atoms with Crippen molar-refractivity contribution < 1.29 is 70.3 Å². The van der Waals surface area contributed by atoms with E-state index in [1.807, 2.05) is 0 Å². The van der Waals surface area contributed by atoms with Crippen LogP contribution in [0.5, 0.6) is 0 Å². The molecule has 0 fully saturated rings. The maximum absolute atomic E-state index is 11.6. The number of carbonyl (C=O) groups is 2. The van der Waals surface area contributed by atoms with Crippen LogP contribution >= 0.6 is 0 Å². The Morgan fingerprint density at radius 1 is 1.14 bits per heavy atom. The average Bonchev–Trinajstić information content (AvgIpc) is 2.35. The minimum absolute atomic E-state index is 0. The third kappa shape index (κ3) is 4.70. The van der Waals surface area contributed by atoms with Gasteiger partial charge >= 0.3 is 18.6 Å². The van der Waals surface area contributed by atoms with Crippen LogP contribution in [0.15, 0.2) is 30.3 Å². The minimum atomic E-state index is -0.556. The number of benzene rings is 2. The van der Waals surface area contributed by atoms with Crippen LogP contribution in [-0.4, -0.2) is 17.0 Å². The summed E-state index contributed by atoms with van der Waals surface area (Å²) in [7, 11) is 0. The zero-order chi connectivity index (χ0) is 13.3. The summed E-state index contributed by atoms with van der Waals surface area (Å²) in [6.45, 7) is 1.33. The Morgan fingerprint density at radius 2 is 1.64 bits per heavy atom. The average molecular weight is 401 g/mol. The molecule has 116 valence electrons. The number of nitro groups is 1. The summed E-state index contributed by atoms with van der Waals surface area (Å²) in [5.41, 5.74) is 0.108. The summed E-state index contributed by atoms with van der Waals surface area (Å²) >= 11 is 0. The molecule has 0 unspecified atom stereocenters. The minimum Gasteiger partial charge on any atom is -1.00 e. The molecule has 0 saturated carbocycles. The Balaban J connectivity index is -0.000000902. The first kappa shape index (κ1) is 25.8. The van der Waals surface area contributed by atoms with E-state index in [0.29, 0.717) is 17.1 Å². The SMILES string of the molecule is CC(=O)c1c(C=O)cc([N+](=O)[O-])c2ccccc12.[Cl-].[Cl-].[Cl-].[V+3]. The van der Waals surface area contributed by atoms with E-state index in [9.17, 15) is 19.7 Å². The summed E-state index contributed by atoms with van der Waals surface area (Å²) in [6, 6.07) is 7.64. The molecule has 0 atom stereocenters. The molecular formula is C13H9Cl3NO4V. The molecule has 0 saturated heterocycles.